The van der Waals surface area contributed by atoms with Crippen LogP contribution in [0, 0.1) is 12.3 Å². The van der Waals surface area contributed by atoms with Crippen molar-refractivity contribution in [1.29, 1.82) is 0 Å². The highest BCUT2D eigenvalue weighted by molar-refractivity contribution is 7.13. The second-order valence-corrected chi connectivity index (χ2v) is 23.0. The fourth-order valence-electron chi connectivity index (χ4n) is 10.8. The van der Waals surface area contributed by atoms with Crippen molar-refractivity contribution in [3.63, 3.8) is 0 Å². The molecule has 2 aliphatic carbocycles. The van der Waals surface area contributed by atoms with Gasteiger partial charge in [-0.15, -0.1) is 11.3 Å². The average Bonchev–Trinajstić information content (AvgIpc) is 3.85. The van der Waals surface area contributed by atoms with Crippen molar-refractivity contribution in [3.8, 4) is 16.2 Å². The molecule has 4 aromatic rings. The number of thiazole rings is 1. The van der Waals surface area contributed by atoms with Crippen molar-refractivity contribution in [2.75, 3.05) is 87.4 Å². The molecule has 2 saturated heterocycles. The first-order chi connectivity index (χ1) is 37.4. The smallest absolute Gasteiger partial charge is 0.259 e. The number of alkyl halides is 1. The van der Waals surface area contributed by atoms with Crippen LogP contribution >= 0.6 is 11.3 Å². The van der Waals surface area contributed by atoms with E-state index in [0.717, 1.165) is 85.8 Å². The Labute approximate surface area is 459 Å². The summed E-state index contributed by atoms with van der Waals surface area (Å²) in [6.45, 7) is 16.8. The van der Waals surface area contributed by atoms with Crippen LogP contribution < -0.4 is 30.5 Å². The summed E-state index contributed by atoms with van der Waals surface area (Å²) in [5.74, 6) is -0.233. The van der Waals surface area contributed by atoms with E-state index in [1.54, 1.807) is 44.3 Å². The Morgan fingerprint density at radius 3 is 2.36 bits per heavy atom. The van der Waals surface area contributed by atoms with E-state index >= 15 is 0 Å². The number of piperazine rings is 1. The molecule has 22 heteroatoms. The molecule has 2 unspecified atom stereocenters. The topological polar surface area (TPSA) is 237 Å². The maximum absolute atomic E-state index is 14.7. The molecule has 9 rings (SSSR count). The van der Waals surface area contributed by atoms with Gasteiger partial charge in [0, 0.05) is 81.5 Å². The summed E-state index contributed by atoms with van der Waals surface area (Å²) < 4.78 is 32.8. The number of allylic oxidation sites excluding steroid dienone is 1. The maximum Gasteiger partial charge on any atom is 0.259 e. The number of aryl methyl sites for hydroxylation is 1. The maximum atomic E-state index is 14.7. The zero-order chi connectivity index (χ0) is 55.3. The molecule has 3 aromatic heterocycles. The van der Waals surface area contributed by atoms with Gasteiger partial charge in [0.25, 0.3) is 11.8 Å². The van der Waals surface area contributed by atoms with Gasteiger partial charge in [0.1, 0.15) is 36.1 Å². The predicted molar refractivity (Wildman–Crippen MR) is 294 cm³/mol. The number of nitrogens with one attached hydrogen (secondary N) is 3. The minimum atomic E-state index is -1.98. The quantitative estimate of drug-likeness (QED) is 0.0359. The Morgan fingerprint density at radius 1 is 0.962 bits per heavy atom. The number of aliphatic hydroxyl groups is 2. The SMILES string of the molecule is CC(O)=C1C(=O)N(C2CCCC2)c2nc(Nc3ccc(N4CCN(CCOCCOCCOc5cc(-c6scnc6C)ccc5CNC(=O)[C@@H]5C[C@@H](O)CN5C(=O)C(NC(=O)C5(F)CC5)C(C)(C)C)CC4)cn3)ncc2C1C. The first-order valence-electron chi connectivity index (χ1n) is 27.3. The minimum Gasteiger partial charge on any atom is -0.512 e. The van der Waals surface area contributed by atoms with Crippen molar-refractivity contribution < 1.29 is 48.0 Å². The van der Waals surface area contributed by atoms with Crippen LogP contribution in [0.1, 0.15) is 102 Å². The van der Waals surface area contributed by atoms with E-state index in [-0.39, 0.29) is 62.6 Å². The Balaban J connectivity index is 0.696. The van der Waals surface area contributed by atoms with Gasteiger partial charge < -0.3 is 50.2 Å². The van der Waals surface area contributed by atoms with Crippen LogP contribution in [0.2, 0.25) is 0 Å². The van der Waals surface area contributed by atoms with Gasteiger partial charge in [-0.2, -0.15) is 4.98 Å². The Hall–Kier alpha value is -6.33. The van der Waals surface area contributed by atoms with E-state index in [4.69, 9.17) is 19.2 Å². The minimum absolute atomic E-state index is 0.0170. The number of β-amino-alcohol motifs (C(OH)–C–C–N with tert-alkyl or cyclic N) is 1. The van der Waals surface area contributed by atoms with Crippen LogP contribution in [0.3, 0.4) is 0 Å². The molecule has 5 aliphatic rings. The second kappa shape index (κ2) is 24.4. The van der Waals surface area contributed by atoms with Crippen LogP contribution in [0.4, 0.5) is 27.7 Å². The highest BCUT2D eigenvalue weighted by Gasteiger charge is 2.53. The fraction of sp³-hybridized carbons (Fsp3) is 0.571. The number of benzene rings is 1. The number of ether oxygens (including phenoxy) is 3. The number of aliphatic hydroxyl groups excluding tert-OH is 2. The number of rotatable bonds is 21. The van der Waals surface area contributed by atoms with Gasteiger partial charge in [-0.05, 0) is 68.7 Å². The first kappa shape index (κ1) is 56.4. The van der Waals surface area contributed by atoms with Crippen LogP contribution in [0.15, 0.2) is 59.6 Å². The van der Waals surface area contributed by atoms with Gasteiger partial charge in [-0.25, -0.2) is 19.3 Å². The van der Waals surface area contributed by atoms with Gasteiger partial charge in [0.05, 0.1) is 71.8 Å². The molecule has 1 aromatic carbocycles. The summed E-state index contributed by atoms with van der Waals surface area (Å²) >= 11 is 1.51. The number of carbonyl (C=O) groups is 4. The monoisotopic (exact) mass is 1100 g/mol. The molecule has 0 radical (unpaired) electrons. The van der Waals surface area contributed by atoms with E-state index in [2.05, 4.69) is 40.7 Å². The van der Waals surface area contributed by atoms with Crippen molar-refractivity contribution in [2.24, 2.45) is 5.41 Å². The predicted octanol–water partition coefficient (Wildman–Crippen LogP) is 6.12. The number of anilines is 4. The standard InChI is InChI=1S/C56H74FN11O9S/c1-34-42-31-60-54(64-49(42)68(39-9-7-8-10-39)51(72)46(34)36(3)69)62-45-14-13-40(30-58-45)66-19-17-65(18-20-66)21-22-75-23-24-76-25-26-77-44-27-37(47-35(2)61-33-78-47)11-12-38(44)29-59-50(71)43-28-41(70)32-67(43)52(73)48(55(4,5)6)63-53(74)56(57)15-16-56/h11-14,27,30-31,33-34,39,41,43,48,69-70H,7-10,15-26,28-29,32H2,1-6H3,(H,59,71)(H,63,74)(H,58,60,62,64)/t34?,41-,43+,48?/m1/s1. The summed E-state index contributed by atoms with van der Waals surface area (Å²) in [6, 6.07) is 7.62. The number of halogens is 1. The van der Waals surface area contributed by atoms with Crippen molar-refractivity contribution in [3.05, 3.63) is 76.4 Å². The fourth-order valence-corrected chi connectivity index (χ4v) is 11.6. The molecule has 78 heavy (non-hydrogen) atoms. The number of likely N-dealkylation sites (tertiary alicyclic amines) is 1. The molecule has 0 bridgehead atoms. The molecule has 4 amide bonds. The van der Waals surface area contributed by atoms with Gasteiger partial charge in [0.15, 0.2) is 5.67 Å². The summed E-state index contributed by atoms with van der Waals surface area (Å²) in [4.78, 5) is 81.4. The van der Waals surface area contributed by atoms with Crippen LogP contribution in [0.25, 0.3) is 10.4 Å². The summed E-state index contributed by atoms with van der Waals surface area (Å²) in [7, 11) is 0. The number of nitrogens with zero attached hydrogens (tertiary/aromatic N) is 8. The van der Waals surface area contributed by atoms with E-state index in [1.165, 1.54) is 16.2 Å². The van der Waals surface area contributed by atoms with Crippen molar-refractivity contribution in [2.45, 2.75) is 129 Å². The summed E-state index contributed by atoms with van der Waals surface area (Å²) in [5, 5.41) is 29.9. The Kier molecular flexibility index (Phi) is 17.6. The third-order valence-corrected chi connectivity index (χ3v) is 16.4. The molecule has 20 nitrogen and oxygen atoms in total. The second-order valence-electron chi connectivity index (χ2n) is 22.2. The van der Waals surface area contributed by atoms with Gasteiger partial charge in [0.2, 0.25) is 17.8 Å². The molecule has 4 atom stereocenters. The highest BCUT2D eigenvalue weighted by Crippen LogP contribution is 2.43. The van der Waals surface area contributed by atoms with Crippen molar-refractivity contribution in [1.82, 2.24) is 40.4 Å². The van der Waals surface area contributed by atoms with E-state index < -0.39 is 47.0 Å². The first-order valence-corrected chi connectivity index (χ1v) is 28.1. The number of pyridine rings is 1. The lowest BCUT2D eigenvalue weighted by atomic mass is 9.85. The molecular formula is C56H74FN11O9S. The number of hydrogen-bond donors (Lipinski definition) is 5. The molecule has 0 spiro atoms. The zero-order valence-corrected chi connectivity index (χ0v) is 46.4. The van der Waals surface area contributed by atoms with Gasteiger partial charge >= 0.3 is 0 Å². The molecule has 4 fully saturated rings. The van der Waals surface area contributed by atoms with Crippen LogP contribution in [-0.4, -0.2) is 166 Å². The number of amides is 4. The molecular weight excluding hydrogens is 1020 g/mol. The third kappa shape index (κ3) is 13.0. The Morgan fingerprint density at radius 2 is 1.69 bits per heavy atom. The lowest BCUT2D eigenvalue weighted by molar-refractivity contribution is -0.145. The third-order valence-electron chi connectivity index (χ3n) is 15.5. The summed E-state index contributed by atoms with van der Waals surface area (Å²) in [5.41, 5.74) is 3.74. The molecule has 6 heterocycles. The average molecular weight is 1100 g/mol. The van der Waals surface area contributed by atoms with E-state index in [0.29, 0.717) is 60.9 Å². The number of carbonyl (C=O) groups excluding carboxylic acids is 4. The lowest BCUT2D eigenvalue weighted by Crippen LogP contribution is -2.59. The van der Waals surface area contributed by atoms with E-state index in [1.807, 2.05) is 50.4 Å². The molecule has 2 saturated carbocycles. The zero-order valence-electron chi connectivity index (χ0n) is 45.6. The Bertz CT molecular complexity index is 2820. The summed E-state index contributed by atoms with van der Waals surface area (Å²) in [6.07, 6.45) is 6.76. The normalized spacial score (nSPS) is 21.6. The molecule has 5 N–H and O–H groups in total. The number of fused-ring (bicyclic) bond motifs is 1. The van der Waals surface area contributed by atoms with E-state index in [9.17, 15) is 33.8 Å². The van der Waals surface area contributed by atoms with Gasteiger partial charge in [-0.1, -0.05) is 52.7 Å². The van der Waals surface area contributed by atoms with Crippen molar-refractivity contribution >= 4 is 58.2 Å². The van der Waals surface area contributed by atoms with Gasteiger partial charge in [-0.3, -0.25) is 29.0 Å². The highest BCUT2D eigenvalue weighted by atomic mass is 32.1. The molecule has 3 aliphatic heterocycles. The number of aromatic nitrogens is 4. The number of hydrogen-bond acceptors (Lipinski definition) is 17. The molecule has 420 valence electrons. The largest absolute Gasteiger partial charge is 0.512 e. The van der Waals surface area contributed by atoms with Crippen LogP contribution in [-0.2, 0) is 35.2 Å². The lowest BCUT2D eigenvalue weighted by Gasteiger charge is -2.37. The van der Waals surface area contributed by atoms with Crippen LogP contribution in [0.5, 0.6) is 5.75 Å².